The summed E-state index contributed by atoms with van der Waals surface area (Å²) in [5.74, 6) is 1.15. The first-order valence-electron chi connectivity index (χ1n) is 12.3. The van der Waals surface area contributed by atoms with E-state index in [0.29, 0.717) is 36.2 Å². The van der Waals surface area contributed by atoms with E-state index in [1.807, 2.05) is 24.3 Å². The number of benzene rings is 2. The van der Waals surface area contributed by atoms with Crippen LogP contribution in [-0.4, -0.2) is 41.0 Å². The molecule has 6 rings (SSSR count). The van der Waals surface area contributed by atoms with Crippen molar-refractivity contribution in [2.75, 3.05) is 25.1 Å². The molecule has 0 saturated heterocycles. The highest BCUT2D eigenvalue weighted by Crippen LogP contribution is 2.48. The second-order valence-corrected chi connectivity index (χ2v) is 9.92. The van der Waals surface area contributed by atoms with Gasteiger partial charge in [-0.25, -0.2) is 0 Å². The van der Waals surface area contributed by atoms with Crippen LogP contribution in [0.25, 0.3) is 10.9 Å². The summed E-state index contributed by atoms with van der Waals surface area (Å²) in [4.78, 5) is 27.3. The van der Waals surface area contributed by atoms with E-state index in [0.717, 1.165) is 46.4 Å². The molecule has 0 saturated carbocycles. The van der Waals surface area contributed by atoms with Crippen LogP contribution in [0.15, 0.2) is 53.9 Å². The van der Waals surface area contributed by atoms with Gasteiger partial charge in [0, 0.05) is 42.4 Å². The van der Waals surface area contributed by atoms with Gasteiger partial charge in [-0.2, -0.15) is 0 Å². The highest BCUT2D eigenvalue weighted by molar-refractivity contribution is 6.11. The second kappa shape index (κ2) is 8.18. The average Bonchev–Trinajstić information content (AvgIpc) is 3.32. The van der Waals surface area contributed by atoms with E-state index in [4.69, 9.17) is 9.47 Å². The molecule has 3 aromatic rings. The smallest absolute Gasteiger partial charge is 0.259 e. The molecule has 2 aromatic carbocycles. The number of amides is 2. The number of aromatic nitrogens is 1. The van der Waals surface area contributed by atoms with Crippen LogP contribution in [0.5, 0.6) is 11.5 Å². The minimum Gasteiger partial charge on any atom is -0.486 e. The predicted molar refractivity (Wildman–Crippen MR) is 134 cm³/mol. The molecule has 0 spiro atoms. The predicted octanol–water partition coefficient (Wildman–Crippen LogP) is 4.66. The molecule has 0 unspecified atom stereocenters. The highest BCUT2D eigenvalue weighted by atomic mass is 16.6. The number of aryl methyl sites for hydroxylation is 1. The summed E-state index contributed by atoms with van der Waals surface area (Å²) in [6.45, 7) is 8.05. The molecule has 4 heterocycles. The molecule has 1 N–H and O–H groups in total. The van der Waals surface area contributed by atoms with Gasteiger partial charge in [0.2, 0.25) is 5.91 Å². The van der Waals surface area contributed by atoms with Gasteiger partial charge in [0.05, 0.1) is 17.6 Å². The van der Waals surface area contributed by atoms with Gasteiger partial charge in [-0.1, -0.05) is 26.0 Å². The Hall–Kier alpha value is -3.74. The Labute approximate surface area is 204 Å². The van der Waals surface area contributed by atoms with Crippen molar-refractivity contribution < 1.29 is 19.1 Å². The van der Waals surface area contributed by atoms with E-state index in [1.165, 1.54) is 11.8 Å². The van der Waals surface area contributed by atoms with E-state index in [-0.39, 0.29) is 24.3 Å². The fourth-order valence-electron chi connectivity index (χ4n) is 5.44. The monoisotopic (exact) mass is 471 g/mol. The number of hydrogen-bond acceptors (Lipinski definition) is 5. The lowest BCUT2D eigenvalue weighted by Crippen LogP contribution is -2.33. The van der Waals surface area contributed by atoms with Crippen LogP contribution in [0.3, 0.4) is 0 Å². The molecule has 7 heteroatoms. The number of fused-ring (bicyclic) bond motifs is 1. The summed E-state index contributed by atoms with van der Waals surface area (Å²) < 4.78 is 13.9. The zero-order valence-electron chi connectivity index (χ0n) is 20.3. The van der Waals surface area contributed by atoms with Crippen molar-refractivity contribution in [3.05, 3.63) is 65.0 Å². The first-order valence-corrected chi connectivity index (χ1v) is 12.3. The fourth-order valence-corrected chi connectivity index (χ4v) is 5.44. The molecule has 3 aliphatic rings. The quantitative estimate of drug-likeness (QED) is 0.599. The van der Waals surface area contributed by atoms with E-state index < -0.39 is 0 Å². The number of ether oxygens (including phenoxy) is 2. The number of nitrogens with one attached hydrogen (secondary N) is 1. The van der Waals surface area contributed by atoms with Crippen molar-refractivity contribution in [3.63, 3.8) is 0 Å². The lowest BCUT2D eigenvalue weighted by molar-refractivity contribution is -0.139. The number of nitrogens with zero attached hydrogens (tertiary/aromatic N) is 2. The van der Waals surface area contributed by atoms with E-state index >= 15 is 0 Å². The fraction of sp³-hybridized carbons (Fsp3) is 0.357. The van der Waals surface area contributed by atoms with Gasteiger partial charge in [0.25, 0.3) is 5.91 Å². The molecule has 180 valence electrons. The Bertz CT molecular complexity index is 1400. The lowest BCUT2D eigenvalue weighted by Gasteiger charge is -2.23. The average molecular weight is 472 g/mol. The summed E-state index contributed by atoms with van der Waals surface area (Å²) in [5.41, 5.74) is 5.52. The van der Waals surface area contributed by atoms with Crippen LogP contribution in [0.1, 0.15) is 44.2 Å². The number of imide groups is 1. The van der Waals surface area contributed by atoms with Crippen molar-refractivity contribution in [2.24, 2.45) is 5.92 Å². The van der Waals surface area contributed by atoms with Gasteiger partial charge in [-0.3, -0.25) is 14.5 Å². The molecule has 1 atom stereocenters. The molecular weight excluding hydrogens is 442 g/mol. The Morgan fingerprint density at radius 1 is 1.14 bits per heavy atom. The minimum atomic E-state index is -0.336. The van der Waals surface area contributed by atoms with Crippen LogP contribution >= 0.6 is 0 Å². The van der Waals surface area contributed by atoms with Crippen molar-refractivity contribution in [3.8, 4) is 11.5 Å². The van der Waals surface area contributed by atoms with Crippen molar-refractivity contribution in [2.45, 2.75) is 39.7 Å². The molecule has 7 nitrogen and oxygen atoms in total. The van der Waals surface area contributed by atoms with Crippen molar-refractivity contribution in [1.82, 2.24) is 9.47 Å². The summed E-state index contributed by atoms with van der Waals surface area (Å²) in [5, 5.41) is 4.66. The van der Waals surface area contributed by atoms with Gasteiger partial charge in [0.15, 0.2) is 11.5 Å². The Morgan fingerprint density at radius 3 is 2.71 bits per heavy atom. The highest BCUT2D eigenvalue weighted by Gasteiger charge is 2.42. The molecular formula is C28H29N3O4. The van der Waals surface area contributed by atoms with E-state index in [9.17, 15) is 9.59 Å². The van der Waals surface area contributed by atoms with Gasteiger partial charge in [0.1, 0.15) is 13.2 Å². The van der Waals surface area contributed by atoms with Crippen LogP contribution in [0.2, 0.25) is 0 Å². The molecule has 0 radical (unpaired) electrons. The largest absolute Gasteiger partial charge is 0.486 e. The summed E-state index contributed by atoms with van der Waals surface area (Å²) >= 11 is 0. The molecule has 0 bridgehead atoms. The Balaban J connectivity index is 1.57. The number of hydrogen-bond donors (Lipinski definition) is 1. The first kappa shape index (κ1) is 21.8. The Morgan fingerprint density at radius 2 is 1.94 bits per heavy atom. The normalized spacial score (nSPS) is 18.7. The summed E-state index contributed by atoms with van der Waals surface area (Å²) in [6, 6.07) is 12.2. The topological polar surface area (TPSA) is 72.8 Å². The zero-order chi connectivity index (χ0) is 24.3. The maximum Gasteiger partial charge on any atom is 0.259 e. The summed E-state index contributed by atoms with van der Waals surface area (Å²) in [7, 11) is 0. The number of carbonyl (C=O) groups is 2. The van der Waals surface area contributed by atoms with Crippen molar-refractivity contribution >= 4 is 28.4 Å². The van der Waals surface area contributed by atoms with Crippen molar-refractivity contribution in [1.29, 1.82) is 0 Å². The molecule has 35 heavy (non-hydrogen) atoms. The minimum absolute atomic E-state index is 0.240. The molecule has 0 fully saturated rings. The third-order valence-electron chi connectivity index (χ3n) is 7.16. The van der Waals surface area contributed by atoms with Crippen LogP contribution < -0.4 is 14.8 Å². The maximum absolute atomic E-state index is 13.6. The third kappa shape index (κ3) is 3.49. The van der Waals surface area contributed by atoms with Gasteiger partial charge in [-0.15, -0.1) is 0 Å². The number of anilines is 1. The molecule has 0 aliphatic carbocycles. The van der Waals surface area contributed by atoms with Gasteiger partial charge >= 0.3 is 0 Å². The number of rotatable bonds is 4. The summed E-state index contributed by atoms with van der Waals surface area (Å²) in [6.07, 6.45) is 3.25. The SMILES string of the molecule is CC(=O)N1CC2=C(C1=O)[C@@H](c1ccc3c(c1)OCCO3)c1cn(CCC(C)C)c3cccc(c13)N2. The second-order valence-electron chi connectivity index (χ2n) is 9.92. The maximum atomic E-state index is 13.6. The van der Waals surface area contributed by atoms with E-state index in [2.05, 4.69) is 42.1 Å². The van der Waals surface area contributed by atoms with Crippen LogP contribution in [0, 0.1) is 5.92 Å². The first-order chi connectivity index (χ1) is 16.9. The van der Waals surface area contributed by atoms with E-state index in [1.54, 1.807) is 0 Å². The lowest BCUT2D eigenvalue weighted by atomic mass is 9.84. The van der Waals surface area contributed by atoms with Gasteiger partial charge < -0.3 is 19.4 Å². The van der Waals surface area contributed by atoms with Crippen LogP contribution in [-0.2, 0) is 16.1 Å². The molecule has 3 aliphatic heterocycles. The zero-order valence-corrected chi connectivity index (χ0v) is 20.3. The third-order valence-corrected chi connectivity index (χ3v) is 7.16. The van der Waals surface area contributed by atoms with Crippen LogP contribution in [0.4, 0.5) is 5.69 Å². The number of carbonyl (C=O) groups excluding carboxylic acids is 2. The van der Waals surface area contributed by atoms with Gasteiger partial charge in [-0.05, 0) is 47.7 Å². The Kier molecular flexibility index (Phi) is 5.09. The standard InChI is InChI=1S/C28H29N3O4/c1-16(2)9-10-30-14-19-25(18-7-8-23-24(13-18)35-12-11-34-23)27-21(15-31(17(3)32)28(27)33)29-20-5-4-6-22(30)26(19)20/h4-8,13-14,16,25,29H,9-12,15H2,1-3H3/t25-/m0/s1. The molecule has 2 amide bonds. The molecule has 1 aromatic heterocycles.